The number of anilines is 4. The highest BCUT2D eigenvalue weighted by molar-refractivity contribution is 5.92. The van der Waals surface area contributed by atoms with Gasteiger partial charge in [-0.2, -0.15) is 0 Å². The van der Waals surface area contributed by atoms with Crippen LogP contribution >= 0.6 is 0 Å². The highest BCUT2D eigenvalue weighted by Gasteiger charge is 2.15. The predicted octanol–water partition coefficient (Wildman–Crippen LogP) is 3.93. The number of aromatic nitrogens is 2. The van der Waals surface area contributed by atoms with E-state index in [0.29, 0.717) is 17.3 Å². The molecular formula is C25H31N7O. The Labute approximate surface area is 195 Å². The number of nitrogens with one attached hydrogen (secondary N) is 2. The normalized spacial score (nSPS) is 14.7. The number of benzene rings is 1. The second-order valence-corrected chi connectivity index (χ2v) is 7.67. The zero-order valence-electron chi connectivity index (χ0n) is 19.2. The number of hydrogen-bond acceptors (Lipinski definition) is 6. The van der Waals surface area contributed by atoms with Crippen molar-refractivity contribution in [1.82, 2.24) is 20.2 Å². The molecule has 1 aromatic carbocycles. The van der Waals surface area contributed by atoms with Crippen molar-refractivity contribution in [2.45, 2.75) is 0 Å². The molecule has 1 aromatic heterocycles. The van der Waals surface area contributed by atoms with Crippen molar-refractivity contribution in [3.8, 4) is 0 Å². The van der Waals surface area contributed by atoms with Crippen molar-refractivity contribution in [2.75, 3.05) is 55.4 Å². The molecule has 0 radical (unpaired) electrons. The van der Waals surface area contributed by atoms with Gasteiger partial charge in [0.05, 0.1) is 0 Å². The zero-order chi connectivity index (χ0) is 23.6. The number of amides is 2. The third kappa shape index (κ3) is 6.78. The van der Waals surface area contributed by atoms with Crippen LogP contribution in [0, 0.1) is 0 Å². The number of nitrogens with zero attached hydrogens (tertiary/aromatic N) is 5. The van der Waals surface area contributed by atoms with Gasteiger partial charge in [-0.15, -0.1) is 0 Å². The van der Waals surface area contributed by atoms with Crippen molar-refractivity contribution in [3.05, 3.63) is 85.9 Å². The van der Waals surface area contributed by atoms with E-state index in [1.807, 2.05) is 12.1 Å². The van der Waals surface area contributed by atoms with Gasteiger partial charge >= 0.3 is 6.03 Å². The average Bonchev–Trinajstić information content (AvgIpc) is 2.83. The Balaban J connectivity index is 1.64. The third-order valence-corrected chi connectivity index (χ3v) is 5.27. The monoisotopic (exact) mass is 445 g/mol. The molecule has 1 fully saturated rings. The molecule has 1 aliphatic heterocycles. The second kappa shape index (κ2) is 11.6. The molecule has 0 bridgehead atoms. The molecule has 0 spiro atoms. The predicted molar refractivity (Wildman–Crippen MR) is 136 cm³/mol. The fourth-order valence-electron chi connectivity index (χ4n) is 3.32. The first-order valence-corrected chi connectivity index (χ1v) is 10.8. The molecule has 1 saturated heterocycles. The Kier molecular flexibility index (Phi) is 8.37. The molecule has 2 heterocycles. The second-order valence-electron chi connectivity index (χ2n) is 7.67. The van der Waals surface area contributed by atoms with Crippen LogP contribution in [0.4, 0.5) is 27.8 Å². The molecule has 8 heteroatoms. The van der Waals surface area contributed by atoms with Crippen LogP contribution in [0.1, 0.15) is 0 Å². The molecule has 0 unspecified atom stereocenters. The lowest BCUT2D eigenvalue weighted by molar-refractivity contribution is 0.250. The lowest BCUT2D eigenvalue weighted by atomic mass is 10.2. The van der Waals surface area contributed by atoms with E-state index < -0.39 is 0 Å². The van der Waals surface area contributed by atoms with Gasteiger partial charge in [-0.05, 0) is 43.5 Å². The summed E-state index contributed by atoms with van der Waals surface area (Å²) in [4.78, 5) is 27.3. The van der Waals surface area contributed by atoms with Crippen LogP contribution in [0.25, 0.3) is 0 Å². The molecule has 2 amide bonds. The molecule has 0 saturated carbocycles. The Hall–Kier alpha value is -3.91. The Morgan fingerprint density at radius 2 is 1.82 bits per heavy atom. The number of rotatable bonds is 8. The van der Waals surface area contributed by atoms with E-state index in [9.17, 15) is 4.79 Å². The highest BCUT2D eigenvalue weighted by atomic mass is 16.2. The SMILES string of the molecule is C=C/C=C\C(=C/C=C)NC(=O)N(C)c1cc(Nc2ccc(N3CCN(C)CC3)cc2)ncn1. The highest BCUT2D eigenvalue weighted by Crippen LogP contribution is 2.22. The Bertz CT molecular complexity index is 1020. The van der Waals surface area contributed by atoms with Gasteiger partial charge in [0.25, 0.3) is 0 Å². The number of carbonyl (C=O) groups excluding carboxylic acids is 1. The summed E-state index contributed by atoms with van der Waals surface area (Å²) in [7, 11) is 3.80. The van der Waals surface area contributed by atoms with Crippen LogP contribution in [0.5, 0.6) is 0 Å². The van der Waals surface area contributed by atoms with Crippen LogP contribution < -0.4 is 20.4 Å². The maximum absolute atomic E-state index is 12.7. The number of carbonyl (C=O) groups is 1. The topological polar surface area (TPSA) is 76.6 Å². The van der Waals surface area contributed by atoms with E-state index >= 15 is 0 Å². The van der Waals surface area contributed by atoms with Crippen molar-refractivity contribution in [1.29, 1.82) is 0 Å². The molecular weight excluding hydrogens is 414 g/mol. The van der Waals surface area contributed by atoms with Gasteiger partial charge in [0.2, 0.25) is 0 Å². The number of hydrogen-bond donors (Lipinski definition) is 2. The summed E-state index contributed by atoms with van der Waals surface area (Å²) < 4.78 is 0. The van der Waals surface area contributed by atoms with E-state index in [0.717, 1.165) is 31.9 Å². The number of urea groups is 1. The van der Waals surface area contributed by atoms with Gasteiger partial charge in [-0.1, -0.05) is 31.4 Å². The van der Waals surface area contributed by atoms with E-state index in [1.165, 1.54) is 16.9 Å². The quantitative estimate of drug-likeness (QED) is 0.600. The van der Waals surface area contributed by atoms with Gasteiger partial charge < -0.3 is 20.4 Å². The third-order valence-electron chi connectivity index (χ3n) is 5.27. The lowest BCUT2D eigenvalue weighted by Crippen LogP contribution is -2.44. The first-order chi connectivity index (χ1) is 16.0. The standard InChI is InChI=1S/C25H31N7O/c1-5-7-9-20(8-6-2)29-25(33)31(4)24-18-23(26-19-27-24)28-21-10-12-22(13-11-21)32-16-14-30(3)15-17-32/h5-13,18-19H,1-2,14-17H2,3-4H3,(H,29,33)(H,26,27,28)/b9-7-,20-8+. The summed E-state index contributed by atoms with van der Waals surface area (Å²) in [5.41, 5.74) is 2.72. The molecule has 1 aliphatic rings. The summed E-state index contributed by atoms with van der Waals surface area (Å²) in [6, 6.07) is 9.68. The molecule has 8 nitrogen and oxygen atoms in total. The summed E-state index contributed by atoms with van der Waals surface area (Å²) in [6.07, 6.45) is 9.83. The maximum Gasteiger partial charge on any atom is 0.327 e. The van der Waals surface area contributed by atoms with E-state index in [1.54, 1.807) is 43.5 Å². The molecule has 172 valence electrons. The fourth-order valence-corrected chi connectivity index (χ4v) is 3.32. The van der Waals surface area contributed by atoms with Gasteiger partial charge in [-0.25, -0.2) is 14.8 Å². The number of allylic oxidation sites excluding steroid dienone is 5. The van der Waals surface area contributed by atoms with Crippen molar-refractivity contribution in [2.24, 2.45) is 0 Å². The molecule has 2 N–H and O–H groups in total. The van der Waals surface area contributed by atoms with Gasteiger partial charge in [0.1, 0.15) is 18.0 Å². The van der Waals surface area contributed by atoms with Crippen LogP contribution in [-0.2, 0) is 0 Å². The molecule has 33 heavy (non-hydrogen) atoms. The van der Waals surface area contributed by atoms with Crippen LogP contribution in [0.3, 0.4) is 0 Å². The first-order valence-electron chi connectivity index (χ1n) is 10.8. The number of piperazine rings is 1. The minimum absolute atomic E-state index is 0.335. The molecule has 0 aliphatic carbocycles. The van der Waals surface area contributed by atoms with Gasteiger partial charge in [0, 0.05) is 56.4 Å². The van der Waals surface area contributed by atoms with Crippen molar-refractivity contribution < 1.29 is 4.79 Å². The smallest absolute Gasteiger partial charge is 0.327 e. The lowest BCUT2D eigenvalue weighted by Gasteiger charge is -2.34. The van der Waals surface area contributed by atoms with Crippen molar-refractivity contribution >= 4 is 29.0 Å². The van der Waals surface area contributed by atoms with Crippen LogP contribution in [0.15, 0.2) is 85.9 Å². The summed E-state index contributed by atoms with van der Waals surface area (Å²) in [5.74, 6) is 1.06. The first kappa shape index (κ1) is 23.7. The molecule has 2 aromatic rings. The Morgan fingerprint density at radius 3 is 2.48 bits per heavy atom. The number of likely N-dealkylation sites (N-methyl/N-ethyl adjacent to an activating group) is 1. The summed E-state index contributed by atoms with van der Waals surface area (Å²) >= 11 is 0. The largest absolute Gasteiger partial charge is 0.369 e. The maximum atomic E-state index is 12.7. The van der Waals surface area contributed by atoms with Crippen LogP contribution in [-0.4, -0.2) is 61.2 Å². The van der Waals surface area contributed by atoms with Gasteiger partial charge in [0.15, 0.2) is 0 Å². The average molecular weight is 446 g/mol. The van der Waals surface area contributed by atoms with E-state index in [4.69, 9.17) is 0 Å². The van der Waals surface area contributed by atoms with Gasteiger partial charge in [-0.3, -0.25) is 4.90 Å². The summed E-state index contributed by atoms with van der Waals surface area (Å²) in [5, 5.41) is 6.10. The Morgan fingerprint density at radius 1 is 1.09 bits per heavy atom. The van der Waals surface area contributed by atoms with E-state index in [2.05, 4.69) is 62.7 Å². The fraction of sp³-hybridized carbons (Fsp3) is 0.240. The minimum atomic E-state index is -0.335. The van der Waals surface area contributed by atoms with Crippen LogP contribution in [0.2, 0.25) is 0 Å². The minimum Gasteiger partial charge on any atom is -0.369 e. The zero-order valence-corrected chi connectivity index (χ0v) is 19.2. The molecule has 3 rings (SSSR count). The summed E-state index contributed by atoms with van der Waals surface area (Å²) in [6.45, 7) is 11.5. The molecule has 0 atom stereocenters. The van der Waals surface area contributed by atoms with Crippen molar-refractivity contribution in [3.63, 3.8) is 0 Å². The van der Waals surface area contributed by atoms with E-state index in [-0.39, 0.29) is 6.03 Å².